The summed E-state index contributed by atoms with van der Waals surface area (Å²) in [4.78, 5) is 37.9. The number of unbranched alkanes of at least 4 members (excludes halogenated alkanes) is 31. The highest BCUT2D eigenvalue weighted by atomic mass is 16.6. The van der Waals surface area contributed by atoms with E-state index >= 15 is 0 Å². The van der Waals surface area contributed by atoms with Gasteiger partial charge in [0.1, 0.15) is 13.2 Å². The maximum Gasteiger partial charge on any atom is 0.306 e. The lowest BCUT2D eigenvalue weighted by Crippen LogP contribution is -2.30. The van der Waals surface area contributed by atoms with Crippen molar-refractivity contribution in [3.05, 3.63) is 85.1 Å². The van der Waals surface area contributed by atoms with Crippen LogP contribution in [0.2, 0.25) is 0 Å². The molecule has 0 aromatic heterocycles. The van der Waals surface area contributed by atoms with Crippen LogP contribution in [0.25, 0.3) is 0 Å². The van der Waals surface area contributed by atoms with E-state index in [1.54, 1.807) is 0 Å². The lowest BCUT2D eigenvalue weighted by Gasteiger charge is -2.18. The summed E-state index contributed by atoms with van der Waals surface area (Å²) in [6, 6.07) is 0. The average molecular weight is 1020 g/mol. The van der Waals surface area contributed by atoms with Gasteiger partial charge in [-0.15, -0.1) is 0 Å². The van der Waals surface area contributed by atoms with E-state index in [2.05, 4.69) is 106 Å². The van der Waals surface area contributed by atoms with Crippen LogP contribution in [0, 0.1) is 0 Å². The van der Waals surface area contributed by atoms with Gasteiger partial charge in [0, 0.05) is 19.3 Å². The molecule has 0 aromatic carbocycles. The molecule has 0 aliphatic rings. The van der Waals surface area contributed by atoms with E-state index in [4.69, 9.17) is 14.2 Å². The second kappa shape index (κ2) is 61.1. The Morgan fingerprint density at radius 3 is 0.863 bits per heavy atom. The zero-order valence-corrected chi connectivity index (χ0v) is 48.1. The van der Waals surface area contributed by atoms with Gasteiger partial charge in [-0.3, -0.25) is 14.4 Å². The molecule has 1 unspecified atom stereocenters. The summed E-state index contributed by atoms with van der Waals surface area (Å²) in [6.07, 6.45) is 80.7. The number of hydrogen-bond donors (Lipinski definition) is 0. The SMILES string of the molecule is CC/C=C\C/C=C\C/C=C\C/C=C\C/C=C\CCCCCCCCCCCCCCCCCC(=O)OCC(COC(=O)CCCCCCC)OC(=O)CCCCCCCCCCC/C=C\C/C=C\CCCCC. The third kappa shape index (κ3) is 59.3. The molecule has 0 N–H and O–H groups in total. The predicted molar refractivity (Wildman–Crippen MR) is 316 cm³/mol. The number of carbonyl (C=O) groups excluding carboxylic acids is 3. The Morgan fingerprint density at radius 1 is 0.288 bits per heavy atom. The van der Waals surface area contributed by atoms with E-state index < -0.39 is 6.10 Å². The Hall–Kier alpha value is -3.41. The number of ether oxygens (including phenoxy) is 3. The van der Waals surface area contributed by atoms with Crippen LogP contribution in [0.4, 0.5) is 0 Å². The van der Waals surface area contributed by atoms with Crippen LogP contribution < -0.4 is 0 Å². The van der Waals surface area contributed by atoms with E-state index in [-0.39, 0.29) is 31.1 Å². The quantitative estimate of drug-likeness (QED) is 0.0261. The number of rotatable bonds is 56. The van der Waals surface area contributed by atoms with Crippen molar-refractivity contribution in [2.45, 2.75) is 309 Å². The van der Waals surface area contributed by atoms with Gasteiger partial charge in [-0.2, -0.15) is 0 Å². The van der Waals surface area contributed by atoms with Crippen molar-refractivity contribution in [3.63, 3.8) is 0 Å². The Labute approximate surface area is 452 Å². The third-order valence-corrected chi connectivity index (χ3v) is 13.4. The van der Waals surface area contributed by atoms with Crippen molar-refractivity contribution in [2.24, 2.45) is 0 Å². The second-order valence-electron chi connectivity index (χ2n) is 20.6. The first-order valence-electron chi connectivity index (χ1n) is 31.1. The minimum atomic E-state index is -0.774. The van der Waals surface area contributed by atoms with Gasteiger partial charge in [0.25, 0.3) is 0 Å². The Bertz CT molecular complexity index is 1400. The molecule has 73 heavy (non-hydrogen) atoms. The molecule has 0 rings (SSSR count). The number of carbonyl (C=O) groups is 3. The fourth-order valence-electron chi connectivity index (χ4n) is 8.74. The van der Waals surface area contributed by atoms with Gasteiger partial charge in [0.15, 0.2) is 6.10 Å². The van der Waals surface area contributed by atoms with Crippen LogP contribution >= 0.6 is 0 Å². The molecule has 1 atom stereocenters. The van der Waals surface area contributed by atoms with Gasteiger partial charge in [0.2, 0.25) is 0 Å². The Balaban J connectivity index is 4.00. The molecule has 0 aliphatic carbocycles. The summed E-state index contributed by atoms with van der Waals surface area (Å²) in [7, 11) is 0. The normalized spacial score (nSPS) is 12.6. The summed E-state index contributed by atoms with van der Waals surface area (Å²) in [5.74, 6) is -0.885. The van der Waals surface area contributed by atoms with Crippen LogP contribution in [0.3, 0.4) is 0 Å². The molecule has 6 nitrogen and oxygen atoms in total. The van der Waals surface area contributed by atoms with Crippen molar-refractivity contribution in [1.82, 2.24) is 0 Å². The first kappa shape index (κ1) is 69.6. The molecule has 0 heterocycles. The van der Waals surface area contributed by atoms with Crippen molar-refractivity contribution in [3.8, 4) is 0 Å². The standard InChI is InChI=1S/C67H116O6/c1-4-7-10-13-15-17-19-21-23-25-27-28-29-30-31-32-33-34-35-36-37-38-40-41-43-45-47-49-51-54-57-60-66(69)72-63-64(62-71-65(68)59-56-53-12-9-6-3)73-67(70)61-58-55-52-50-48-46-44-42-39-26-24-22-20-18-16-14-11-8-5-2/h7,10,15-18,21-24,27-28,30-31,64H,4-6,8-9,11-14,19-20,25-26,29,32-63H2,1-3H3/b10-7-,17-15-,18-16-,23-21-,24-22-,28-27-,31-30-. The zero-order chi connectivity index (χ0) is 52.9. The third-order valence-electron chi connectivity index (χ3n) is 13.4. The van der Waals surface area contributed by atoms with Gasteiger partial charge in [-0.1, -0.05) is 273 Å². The molecule has 0 aliphatic heterocycles. The maximum atomic E-state index is 12.8. The summed E-state index contributed by atoms with van der Waals surface area (Å²) >= 11 is 0. The van der Waals surface area contributed by atoms with Crippen molar-refractivity contribution in [1.29, 1.82) is 0 Å². The number of hydrogen-bond acceptors (Lipinski definition) is 6. The van der Waals surface area contributed by atoms with E-state index in [9.17, 15) is 14.4 Å². The molecule has 0 aromatic rings. The minimum absolute atomic E-state index is 0.0758. The van der Waals surface area contributed by atoms with Crippen LogP contribution in [0.15, 0.2) is 85.1 Å². The summed E-state index contributed by atoms with van der Waals surface area (Å²) < 4.78 is 16.8. The topological polar surface area (TPSA) is 78.9 Å². The van der Waals surface area contributed by atoms with E-state index in [0.29, 0.717) is 19.3 Å². The Kier molecular flexibility index (Phi) is 58.3. The zero-order valence-electron chi connectivity index (χ0n) is 48.1. The van der Waals surface area contributed by atoms with Crippen LogP contribution in [0.5, 0.6) is 0 Å². The summed E-state index contributed by atoms with van der Waals surface area (Å²) in [5, 5.41) is 0. The maximum absolute atomic E-state index is 12.8. The van der Waals surface area contributed by atoms with Crippen molar-refractivity contribution >= 4 is 17.9 Å². The van der Waals surface area contributed by atoms with Gasteiger partial charge < -0.3 is 14.2 Å². The first-order valence-corrected chi connectivity index (χ1v) is 31.1. The molecule has 0 bridgehead atoms. The molecule has 0 radical (unpaired) electrons. The molecular weight excluding hydrogens is 901 g/mol. The van der Waals surface area contributed by atoms with E-state index in [0.717, 1.165) is 103 Å². The molecule has 0 saturated heterocycles. The second-order valence-corrected chi connectivity index (χ2v) is 20.6. The summed E-state index contributed by atoms with van der Waals surface area (Å²) in [5.41, 5.74) is 0. The van der Waals surface area contributed by atoms with Crippen LogP contribution in [-0.4, -0.2) is 37.2 Å². The fourth-order valence-corrected chi connectivity index (χ4v) is 8.74. The van der Waals surface area contributed by atoms with Crippen LogP contribution in [-0.2, 0) is 28.6 Å². The summed E-state index contributed by atoms with van der Waals surface area (Å²) in [6.45, 7) is 6.44. The van der Waals surface area contributed by atoms with Gasteiger partial charge >= 0.3 is 17.9 Å². The molecular formula is C67H116O6. The lowest BCUT2D eigenvalue weighted by molar-refractivity contribution is -0.167. The molecule has 0 saturated carbocycles. The van der Waals surface area contributed by atoms with E-state index in [1.165, 1.54) is 161 Å². The fraction of sp³-hybridized carbons (Fsp3) is 0.746. The lowest BCUT2D eigenvalue weighted by atomic mass is 10.0. The molecule has 420 valence electrons. The Morgan fingerprint density at radius 2 is 0.534 bits per heavy atom. The monoisotopic (exact) mass is 1020 g/mol. The predicted octanol–water partition coefficient (Wildman–Crippen LogP) is 21.1. The smallest absolute Gasteiger partial charge is 0.306 e. The highest BCUT2D eigenvalue weighted by molar-refractivity contribution is 5.71. The molecule has 0 fully saturated rings. The highest BCUT2D eigenvalue weighted by Gasteiger charge is 2.19. The first-order chi connectivity index (χ1) is 36.0. The number of esters is 3. The highest BCUT2D eigenvalue weighted by Crippen LogP contribution is 2.16. The van der Waals surface area contributed by atoms with Crippen LogP contribution in [0.1, 0.15) is 303 Å². The van der Waals surface area contributed by atoms with Gasteiger partial charge in [-0.05, 0) is 96.3 Å². The molecule has 0 amide bonds. The average Bonchev–Trinajstić information content (AvgIpc) is 3.39. The van der Waals surface area contributed by atoms with Crippen molar-refractivity contribution < 1.29 is 28.6 Å². The van der Waals surface area contributed by atoms with Crippen molar-refractivity contribution in [2.75, 3.05) is 13.2 Å². The van der Waals surface area contributed by atoms with E-state index in [1.807, 2.05) is 0 Å². The minimum Gasteiger partial charge on any atom is -0.462 e. The molecule has 6 heteroatoms. The van der Waals surface area contributed by atoms with Gasteiger partial charge in [-0.25, -0.2) is 0 Å². The van der Waals surface area contributed by atoms with Gasteiger partial charge in [0.05, 0.1) is 0 Å². The number of allylic oxidation sites excluding steroid dienone is 14. The molecule has 0 spiro atoms. The largest absolute Gasteiger partial charge is 0.462 e.